The van der Waals surface area contributed by atoms with Crippen LogP contribution in [0.4, 0.5) is 4.39 Å². The van der Waals surface area contributed by atoms with Crippen molar-refractivity contribution in [2.75, 3.05) is 6.67 Å². The van der Waals surface area contributed by atoms with Crippen LogP contribution in [0.1, 0.15) is 51.9 Å². The second-order valence-electron chi connectivity index (χ2n) is 5.34. The molecule has 0 saturated heterocycles. The van der Waals surface area contributed by atoms with Gasteiger partial charge in [0.1, 0.15) is 0 Å². The van der Waals surface area contributed by atoms with Gasteiger partial charge in [0.05, 0.1) is 6.67 Å². The standard InChI is InChI=1S/C13H21F/c1-11(5-9-14)4-6-13(7-8-13)10-12-2-3-12/h4,12H,2-3,5-10H2,1H3/b11-4-. The number of hydrogen-bond acceptors (Lipinski definition) is 0. The van der Waals surface area contributed by atoms with Crippen LogP contribution in [0, 0.1) is 11.3 Å². The summed E-state index contributed by atoms with van der Waals surface area (Å²) in [5.74, 6) is 1.05. The van der Waals surface area contributed by atoms with Gasteiger partial charge in [-0.25, -0.2) is 0 Å². The minimum Gasteiger partial charge on any atom is -0.251 e. The molecule has 1 heteroatoms. The predicted molar refractivity (Wildman–Crippen MR) is 58.0 cm³/mol. The average molecular weight is 196 g/mol. The van der Waals surface area contributed by atoms with Crippen molar-refractivity contribution in [3.05, 3.63) is 11.6 Å². The van der Waals surface area contributed by atoms with Gasteiger partial charge in [-0.15, -0.1) is 0 Å². The summed E-state index contributed by atoms with van der Waals surface area (Å²) in [5.41, 5.74) is 1.91. The van der Waals surface area contributed by atoms with E-state index in [9.17, 15) is 4.39 Å². The highest BCUT2D eigenvalue weighted by molar-refractivity contribution is 5.06. The maximum atomic E-state index is 12.1. The first-order valence-corrected chi connectivity index (χ1v) is 5.96. The van der Waals surface area contributed by atoms with E-state index in [0.29, 0.717) is 11.8 Å². The Morgan fingerprint density at radius 2 is 2.14 bits per heavy atom. The Labute approximate surface area is 86.6 Å². The van der Waals surface area contributed by atoms with E-state index < -0.39 is 0 Å². The van der Waals surface area contributed by atoms with Gasteiger partial charge in [0.25, 0.3) is 0 Å². The first-order valence-electron chi connectivity index (χ1n) is 5.96. The molecule has 0 unspecified atom stereocenters. The van der Waals surface area contributed by atoms with Crippen LogP contribution in [0.3, 0.4) is 0 Å². The highest BCUT2D eigenvalue weighted by Crippen LogP contribution is 2.57. The largest absolute Gasteiger partial charge is 0.251 e. The lowest BCUT2D eigenvalue weighted by Gasteiger charge is -2.12. The number of hydrogen-bond donors (Lipinski definition) is 0. The maximum Gasteiger partial charge on any atom is 0.0931 e. The first kappa shape index (κ1) is 10.2. The van der Waals surface area contributed by atoms with Crippen molar-refractivity contribution >= 4 is 0 Å². The van der Waals surface area contributed by atoms with Crippen LogP contribution in [0.15, 0.2) is 11.6 Å². The van der Waals surface area contributed by atoms with E-state index in [0.717, 1.165) is 5.92 Å². The van der Waals surface area contributed by atoms with E-state index in [1.807, 2.05) is 0 Å². The summed E-state index contributed by atoms with van der Waals surface area (Å²) < 4.78 is 12.1. The maximum absolute atomic E-state index is 12.1. The van der Waals surface area contributed by atoms with Crippen molar-refractivity contribution < 1.29 is 4.39 Å². The smallest absolute Gasteiger partial charge is 0.0931 e. The molecule has 2 aliphatic carbocycles. The van der Waals surface area contributed by atoms with Gasteiger partial charge in [0.2, 0.25) is 0 Å². The van der Waals surface area contributed by atoms with E-state index in [1.165, 1.54) is 44.1 Å². The minimum atomic E-state index is -0.196. The first-order chi connectivity index (χ1) is 6.74. The van der Waals surface area contributed by atoms with Gasteiger partial charge in [0.15, 0.2) is 0 Å². The predicted octanol–water partition coefficient (Wildman–Crippen LogP) is 4.26. The van der Waals surface area contributed by atoms with E-state index in [2.05, 4.69) is 13.0 Å². The molecule has 0 aliphatic heterocycles. The van der Waals surface area contributed by atoms with Crippen molar-refractivity contribution in [2.24, 2.45) is 11.3 Å². The molecule has 2 saturated carbocycles. The zero-order valence-electron chi connectivity index (χ0n) is 9.19. The molecule has 0 N–H and O–H groups in total. The lowest BCUT2D eigenvalue weighted by molar-refractivity contribution is 0.438. The Morgan fingerprint density at radius 3 is 2.64 bits per heavy atom. The quantitative estimate of drug-likeness (QED) is 0.557. The number of allylic oxidation sites excluding steroid dienone is 2. The van der Waals surface area contributed by atoms with Crippen molar-refractivity contribution in [2.45, 2.75) is 51.9 Å². The molecule has 2 aliphatic rings. The summed E-state index contributed by atoms with van der Waals surface area (Å²) in [6.07, 6.45) is 11.4. The molecule has 0 aromatic rings. The zero-order valence-corrected chi connectivity index (χ0v) is 9.19. The molecule has 14 heavy (non-hydrogen) atoms. The Kier molecular flexibility index (Phi) is 2.94. The number of rotatable bonds is 6. The van der Waals surface area contributed by atoms with Crippen LogP contribution in [0.5, 0.6) is 0 Å². The van der Waals surface area contributed by atoms with Crippen LogP contribution in [-0.2, 0) is 0 Å². The third kappa shape index (κ3) is 2.83. The summed E-state index contributed by atoms with van der Waals surface area (Å²) in [7, 11) is 0. The molecule has 0 spiro atoms. The second kappa shape index (κ2) is 4.04. The summed E-state index contributed by atoms with van der Waals surface area (Å²) in [5, 5.41) is 0. The van der Waals surface area contributed by atoms with Gasteiger partial charge in [0, 0.05) is 0 Å². The second-order valence-corrected chi connectivity index (χ2v) is 5.34. The fourth-order valence-corrected chi connectivity index (χ4v) is 2.24. The van der Waals surface area contributed by atoms with Gasteiger partial charge in [-0.05, 0) is 50.4 Å². The fraction of sp³-hybridized carbons (Fsp3) is 0.846. The van der Waals surface area contributed by atoms with Gasteiger partial charge in [-0.1, -0.05) is 24.5 Å². The molecule has 0 nitrogen and oxygen atoms in total. The van der Waals surface area contributed by atoms with Gasteiger partial charge < -0.3 is 0 Å². The van der Waals surface area contributed by atoms with Gasteiger partial charge in [-0.3, -0.25) is 4.39 Å². The summed E-state index contributed by atoms with van der Waals surface area (Å²) in [6, 6.07) is 0. The Hall–Kier alpha value is -0.330. The Morgan fingerprint density at radius 1 is 1.43 bits per heavy atom. The molecule has 0 radical (unpaired) electrons. The van der Waals surface area contributed by atoms with Crippen LogP contribution in [-0.4, -0.2) is 6.67 Å². The van der Waals surface area contributed by atoms with Crippen molar-refractivity contribution in [1.29, 1.82) is 0 Å². The third-order valence-corrected chi connectivity index (χ3v) is 3.75. The average Bonchev–Trinajstić information content (AvgIpc) is 3.03. The van der Waals surface area contributed by atoms with E-state index >= 15 is 0 Å². The van der Waals surface area contributed by atoms with Crippen LogP contribution in [0.2, 0.25) is 0 Å². The lowest BCUT2D eigenvalue weighted by atomic mass is 9.94. The van der Waals surface area contributed by atoms with Crippen LogP contribution in [0.25, 0.3) is 0 Å². The summed E-state index contributed by atoms with van der Waals surface area (Å²) >= 11 is 0. The SMILES string of the molecule is C/C(=C/CC1(CC2CC2)CC1)CCF. The summed E-state index contributed by atoms with van der Waals surface area (Å²) in [4.78, 5) is 0. The van der Waals surface area contributed by atoms with Gasteiger partial charge in [-0.2, -0.15) is 0 Å². The van der Waals surface area contributed by atoms with Crippen molar-refractivity contribution in [1.82, 2.24) is 0 Å². The molecule has 2 fully saturated rings. The molecule has 0 aromatic heterocycles. The fourth-order valence-electron chi connectivity index (χ4n) is 2.24. The molecule has 2 rings (SSSR count). The monoisotopic (exact) mass is 196 g/mol. The summed E-state index contributed by atoms with van der Waals surface area (Å²) in [6.45, 7) is 1.87. The molecular formula is C13H21F. The highest BCUT2D eigenvalue weighted by Gasteiger charge is 2.44. The topological polar surface area (TPSA) is 0 Å². The molecule has 0 atom stereocenters. The zero-order chi connectivity index (χ0) is 10.0. The lowest BCUT2D eigenvalue weighted by Crippen LogP contribution is -2.00. The van der Waals surface area contributed by atoms with E-state index in [-0.39, 0.29) is 6.67 Å². The molecule has 80 valence electrons. The van der Waals surface area contributed by atoms with Gasteiger partial charge >= 0.3 is 0 Å². The molecular weight excluding hydrogens is 175 g/mol. The Balaban J connectivity index is 1.75. The van der Waals surface area contributed by atoms with Crippen molar-refractivity contribution in [3.8, 4) is 0 Å². The molecule has 0 aromatic carbocycles. The normalized spacial score (nSPS) is 25.1. The van der Waals surface area contributed by atoms with Crippen LogP contribution < -0.4 is 0 Å². The number of alkyl halides is 1. The number of halogens is 1. The van der Waals surface area contributed by atoms with Crippen LogP contribution >= 0.6 is 0 Å². The van der Waals surface area contributed by atoms with E-state index in [4.69, 9.17) is 0 Å². The Bertz CT molecular complexity index is 221. The minimum absolute atomic E-state index is 0.196. The highest BCUT2D eigenvalue weighted by atomic mass is 19.1. The van der Waals surface area contributed by atoms with E-state index in [1.54, 1.807) is 0 Å². The molecule has 0 bridgehead atoms. The molecule has 0 amide bonds. The third-order valence-electron chi connectivity index (χ3n) is 3.75. The molecule has 0 heterocycles. The van der Waals surface area contributed by atoms with Crippen molar-refractivity contribution in [3.63, 3.8) is 0 Å².